The van der Waals surface area contributed by atoms with Crippen LogP contribution < -0.4 is 5.32 Å². The maximum absolute atomic E-state index is 12.9. The number of fused-ring (bicyclic) bond motifs is 1. The third-order valence-electron chi connectivity index (χ3n) is 4.85. The first-order valence-electron chi connectivity index (χ1n) is 9.97. The fraction of sp³-hybridized carbons (Fsp3) is 0.167. The Morgan fingerprint density at radius 2 is 1.90 bits per heavy atom. The third-order valence-corrected chi connectivity index (χ3v) is 4.85. The van der Waals surface area contributed by atoms with E-state index in [0.29, 0.717) is 22.6 Å². The summed E-state index contributed by atoms with van der Waals surface area (Å²) in [6, 6.07) is 16.7. The number of amides is 1. The first-order chi connectivity index (χ1) is 14.9. The molecule has 0 aliphatic carbocycles. The molecule has 4 aromatic rings. The number of aromatic nitrogens is 3. The minimum absolute atomic E-state index is 0.226. The highest BCUT2D eigenvalue weighted by atomic mass is 16.5. The highest BCUT2D eigenvalue weighted by Crippen LogP contribution is 2.20. The average molecular weight is 414 g/mol. The van der Waals surface area contributed by atoms with Gasteiger partial charge in [-0.3, -0.25) is 9.78 Å². The minimum atomic E-state index is -0.472. The number of esters is 1. The molecule has 7 heteroatoms. The highest BCUT2D eigenvalue weighted by molar-refractivity contribution is 6.07. The van der Waals surface area contributed by atoms with Gasteiger partial charge in [0.2, 0.25) is 0 Å². The van der Waals surface area contributed by atoms with E-state index in [9.17, 15) is 9.59 Å². The second kappa shape index (κ2) is 8.39. The number of benzene rings is 2. The molecule has 2 heterocycles. The zero-order chi connectivity index (χ0) is 22.0. The van der Waals surface area contributed by atoms with Crippen LogP contribution in [0, 0.1) is 13.8 Å². The van der Waals surface area contributed by atoms with Crippen LogP contribution in [0.3, 0.4) is 0 Å². The molecule has 4 rings (SSSR count). The zero-order valence-corrected chi connectivity index (χ0v) is 17.5. The van der Waals surface area contributed by atoms with Crippen LogP contribution in [0.2, 0.25) is 0 Å². The van der Waals surface area contributed by atoms with Crippen molar-refractivity contribution in [3.05, 3.63) is 83.3 Å². The number of carbonyl (C=O) groups is 2. The molecule has 0 radical (unpaired) electrons. The Morgan fingerprint density at radius 3 is 2.71 bits per heavy atom. The number of hydrogen-bond donors (Lipinski definition) is 1. The molecular weight excluding hydrogens is 392 g/mol. The molecule has 0 aliphatic rings. The Bertz CT molecular complexity index is 1290. The summed E-state index contributed by atoms with van der Waals surface area (Å²) in [5.41, 5.74) is 4.70. The number of carbonyl (C=O) groups excluding carboxylic acids is 2. The molecule has 0 aliphatic heterocycles. The maximum atomic E-state index is 12.9. The van der Waals surface area contributed by atoms with Crippen LogP contribution in [-0.4, -0.2) is 33.2 Å². The van der Waals surface area contributed by atoms with Crippen molar-refractivity contribution in [2.24, 2.45) is 0 Å². The van der Waals surface area contributed by atoms with E-state index < -0.39 is 5.97 Å². The number of pyridine rings is 1. The molecule has 2 aromatic carbocycles. The third kappa shape index (κ3) is 4.30. The first kappa shape index (κ1) is 20.3. The molecular formula is C24H22N4O3. The molecule has 0 spiro atoms. The van der Waals surface area contributed by atoms with Gasteiger partial charge >= 0.3 is 5.97 Å². The predicted molar refractivity (Wildman–Crippen MR) is 119 cm³/mol. The summed E-state index contributed by atoms with van der Waals surface area (Å²) in [6.07, 6.45) is 1.67. The zero-order valence-electron chi connectivity index (χ0n) is 17.5. The summed E-state index contributed by atoms with van der Waals surface area (Å²) >= 11 is 0. The minimum Gasteiger partial charge on any atom is -0.461 e. The van der Waals surface area contributed by atoms with E-state index in [1.165, 1.54) is 0 Å². The second-order valence-corrected chi connectivity index (χ2v) is 7.19. The second-order valence-electron chi connectivity index (χ2n) is 7.19. The van der Waals surface area contributed by atoms with Gasteiger partial charge in [-0.2, -0.15) is 5.10 Å². The van der Waals surface area contributed by atoms with Crippen molar-refractivity contribution < 1.29 is 14.3 Å². The largest absolute Gasteiger partial charge is 0.461 e. The lowest BCUT2D eigenvalue weighted by atomic mass is 10.1. The Labute approximate surface area is 179 Å². The molecule has 1 N–H and O–H groups in total. The van der Waals surface area contributed by atoms with Crippen LogP contribution in [0.25, 0.3) is 16.6 Å². The predicted octanol–water partition coefficient (Wildman–Crippen LogP) is 4.47. The normalized spacial score (nSPS) is 10.8. The molecule has 2 aromatic heterocycles. The van der Waals surface area contributed by atoms with Crippen molar-refractivity contribution in [2.75, 3.05) is 11.9 Å². The van der Waals surface area contributed by atoms with Gasteiger partial charge in [-0.05, 0) is 63.2 Å². The molecule has 31 heavy (non-hydrogen) atoms. The van der Waals surface area contributed by atoms with Crippen molar-refractivity contribution in [1.29, 1.82) is 0 Å². The summed E-state index contributed by atoms with van der Waals surface area (Å²) in [7, 11) is 0. The average Bonchev–Trinajstić information content (AvgIpc) is 3.24. The van der Waals surface area contributed by atoms with Gasteiger partial charge in [0, 0.05) is 17.3 Å². The van der Waals surface area contributed by atoms with Crippen LogP contribution in [0.1, 0.15) is 39.0 Å². The SMILES string of the molecule is CCOC(=O)c1ccn(-c2cccc(NC(=O)c3cc4cc(C)ccc4nc3C)c2)n1. The number of hydrogen-bond acceptors (Lipinski definition) is 5. The first-order valence-corrected chi connectivity index (χ1v) is 9.97. The van der Waals surface area contributed by atoms with Gasteiger partial charge in [0.15, 0.2) is 5.69 Å². The number of ether oxygens (including phenoxy) is 1. The fourth-order valence-corrected chi connectivity index (χ4v) is 3.33. The Kier molecular flexibility index (Phi) is 5.49. The van der Waals surface area contributed by atoms with E-state index in [4.69, 9.17) is 4.74 Å². The standard InChI is InChI=1S/C24H22N4O3/c1-4-31-24(30)22-10-11-28(27-22)19-7-5-6-18(14-19)26-23(29)20-13-17-12-15(2)8-9-21(17)25-16(20)3/h5-14H,4H2,1-3H3,(H,26,29). The summed E-state index contributed by atoms with van der Waals surface area (Å²) in [4.78, 5) is 29.3. The Morgan fingerprint density at radius 1 is 1.06 bits per heavy atom. The summed E-state index contributed by atoms with van der Waals surface area (Å²) < 4.78 is 6.54. The lowest BCUT2D eigenvalue weighted by Crippen LogP contribution is -2.14. The number of anilines is 1. The van der Waals surface area contributed by atoms with Crippen LogP contribution >= 0.6 is 0 Å². The molecule has 7 nitrogen and oxygen atoms in total. The molecule has 156 valence electrons. The van der Waals surface area contributed by atoms with E-state index in [1.807, 2.05) is 50.2 Å². The van der Waals surface area contributed by atoms with Crippen molar-refractivity contribution in [2.45, 2.75) is 20.8 Å². The Hall–Kier alpha value is -4.00. The van der Waals surface area contributed by atoms with Gasteiger partial charge in [0.1, 0.15) is 0 Å². The maximum Gasteiger partial charge on any atom is 0.358 e. The topological polar surface area (TPSA) is 86.1 Å². The summed E-state index contributed by atoms with van der Waals surface area (Å²) in [6.45, 7) is 5.86. The highest BCUT2D eigenvalue weighted by Gasteiger charge is 2.14. The van der Waals surface area contributed by atoms with Crippen LogP contribution in [-0.2, 0) is 4.74 Å². The molecule has 0 saturated carbocycles. The monoisotopic (exact) mass is 414 g/mol. The van der Waals surface area contributed by atoms with E-state index in [0.717, 1.165) is 16.5 Å². The quantitative estimate of drug-likeness (QED) is 0.487. The lowest BCUT2D eigenvalue weighted by Gasteiger charge is -2.10. The van der Waals surface area contributed by atoms with Gasteiger partial charge in [0.05, 0.1) is 29.1 Å². The van der Waals surface area contributed by atoms with E-state index in [-0.39, 0.29) is 18.2 Å². The Balaban J connectivity index is 1.58. The summed E-state index contributed by atoms with van der Waals surface area (Å²) in [5, 5.41) is 8.10. The fourth-order valence-electron chi connectivity index (χ4n) is 3.33. The van der Waals surface area contributed by atoms with Crippen molar-refractivity contribution in [1.82, 2.24) is 14.8 Å². The molecule has 0 unspecified atom stereocenters. The van der Waals surface area contributed by atoms with Crippen molar-refractivity contribution >= 4 is 28.5 Å². The van der Waals surface area contributed by atoms with Gasteiger partial charge in [-0.15, -0.1) is 0 Å². The van der Waals surface area contributed by atoms with Crippen LogP contribution in [0.4, 0.5) is 5.69 Å². The van der Waals surface area contributed by atoms with Crippen molar-refractivity contribution in [3.8, 4) is 5.69 Å². The van der Waals surface area contributed by atoms with Gasteiger partial charge in [-0.25, -0.2) is 9.48 Å². The lowest BCUT2D eigenvalue weighted by molar-refractivity contribution is 0.0519. The van der Waals surface area contributed by atoms with Gasteiger partial charge < -0.3 is 10.1 Å². The molecule has 0 fully saturated rings. The van der Waals surface area contributed by atoms with Crippen molar-refractivity contribution in [3.63, 3.8) is 0 Å². The van der Waals surface area contributed by atoms with Gasteiger partial charge in [0.25, 0.3) is 5.91 Å². The number of nitrogens with zero attached hydrogens (tertiary/aromatic N) is 3. The van der Waals surface area contributed by atoms with Crippen LogP contribution in [0.15, 0.2) is 60.8 Å². The molecule has 0 saturated heterocycles. The van der Waals surface area contributed by atoms with Gasteiger partial charge in [-0.1, -0.05) is 17.7 Å². The molecule has 0 bridgehead atoms. The van der Waals surface area contributed by atoms with E-state index in [2.05, 4.69) is 15.4 Å². The molecule has 0 atom stereocenters. The van der Waals surface area contributed by atoms with Crippen LogP contribution in [0.5, 0.6) is 0 Å². The number of rotatable bonds is 5. The summed E-state index contributed by atoms with van der Waals surface area (Å²) in [5.74, 6) is -0.710. The van der Waals surface area contributed by atoms with E-state index in [1.54, 1.807) is 36.0 Å². The van der Waals surface area contributed by atoms with E-state index >= 15 is 0 Å². The number of aryl methyl sites for hydroxylation is 2. The molecule has 1 amide bonds. The smallest absolute Gasteiger partial charge is 0.358 e. The number of nitrogens with one attached hydrogen (secondary N) is 1.